The van der Waals surface area contributed by atoms with E-state index in [0.29, 0.717) is 0 Å². The second-order valence-corrected chi connectivity index (χ2v) is 8.45. The zero-order valence-corrected chi connectivity index (χ0v) is 16.1. The Bertz CT molecular complexity index is 976. The monoisotopic (exact) mass is 406 g/mol. The van der Waals surface area contributed by atoms with Gasteiger partial charge in [-0.2, -0.15) is 4.31 Å². The Morgan fingerprint density at radius 3 is 2.11 bits per heavy atom. The summed E-state index contributed by atoms with van der Waals surface area (Å²) in [5.74, 6) is -1.92. The van der Waals surface area contributed by atoms with E-state index in [2.05, 4.69) is 0 Å². The minimum Gasteiger partial charge on any atom is -0.337 e. The van der Waals surface area contributed by atoms with E-state index in [1.807, 2.05) is 6.92 Å². The number of hydrogen-bond acceptors (Lipinski definition) is 3. The fourth-order valence-electron chi connectivity index (χ4n) is 2.94. The van der Waals surface area contributed by atoms with Crippen molar-refractivity contribution < 1.29 is 22.0 Å². The van der Waals surface area contributed by atoms with Gasteiger partial charge in [0.25, 0.3) is 0 Å². The number of hydrogen-bond donors (Lipinski definition) is 0. The van der Waals surface area contributed by atoms with Crippen molar-refractivity contribution in [3.05, 3.63) is 71.3 Å². The minimum absolute atomic E-state index is 0.157. The molecule has 5 nitrogen and oxygen atoms in total. The van der Waals surface area contributed by atoms with E-state index in [-0.39, 0.29) is 36.6 Å². The predicted molar refractivity (Wildman–Crippen MR) is 102 cm³/mol. The van der Waals surface area contributed by atoms with Gasteiger partial charge in [-0.15, -0.1) is 0 Å². The highest BCUT2D eigenvalue weighted by molar-refractivity contribution is 7.89. The largest absolute Gasteiger partial charge is 0.337 e. The predicted octanol–water partition coefficient (Wildman–Crippen LogP) is 2.82. The quantitative estimate of drug-likeness (QED) is 0.734. The molecule has 1 aliphatic rings. The molecule has 1 saturated heterocycles. The van der Waals surface area contributed by atoms with Crippen molar-refractivity contribution in [3.8, 4) is 0 Å². The van der Waals surface area contributed by atoms with Crippen LogP contribution in [-0.4, -0.2) is 49.7 Å². The Kier molecular flexibility index (Phi) is 5.90. The Balaban J connectivity index is 1.64. The number of aryl methyl sites for hydroxylation is 1. The van der Waals surface area contributed by atoms with Crippen LogP contribution >= 0.6 is 0 Å². The normalized spacial score (nSPS) is 15.9. The highest BCUT2D eigenvalue weighted by Crippen LogP contribution is 2.19. The van der Waals surface area contributed by atoms with E-state index in [1.54, 1.807) is 24.3 Å². The molecule has 3 rings (SSSR count). The maximum absolute atomic E-state index is 13.6. The maximum atomic E-state index is 13.6. The van der Waals surface area contributed by atoms with Crippen LogP contribution in [0.2, 0.25) is 0 Å². The number of sulfonamides is 1. The summed E-state index contributed by atoms with van der Waals surface area (Å²) in [4.78, 5) is 14.0. The van der Waals surface area contributed by atoms with Gasteiger partial charge in [-0.3, -0.25) is 4.79 Å². The molecule has 2 aromatic carbocycles. The van der Waals surface area contributed by atoms with Crippen LogP contribution in [0.5, 0.6) is 0 Å². The third-order valence-corrected chi connectivity index (χ3v) is 6.51. The molecule has 0 radical (unpaired) electrons. The molecule has 1 amide bonds. The molecule has 0 N–H and O–H groups in total. The van der Waals surface area contributed by atoms with E-state index >= 15 is 0 Å². The summed E-state index contributed by atoms with van der Waals surface area (Å²) >= 11 is 0. The Morgan fingerprint density at radius 2 is 1.54 bits per heavy atom. The highest BCUT2D eigenvalue weighted by Gasteiger charge is 2.29. The van der Waals surface area contributed by atoms with Gasteiger partial charge >= 0.3 is 0 Å². The molecule has 0 bridgehead atoms. The molecule has 1 fully saturated rings. The van der Waals surface area contributed by atoms with Gasteiger partial charge in [-0.05, 0) is 37.3 Å². The highest BCUT2D eigenvalue weighted by atomic mass is 32.2. The van der Waals surface area contributed by atoms with Crippen LogP contribution in [0.15, 0.2) is 53.4 Å². The molecule has 0 spiro atoms. The molecule has 0 unspecified atom stereocenters. The van der Waals surface area contributed by atoms with Gasteiger partial charge in [0.2, 0.25) is 15.9 Å². The van der Waals surface area contributed by atoms with Gasteiger partial charge in [0.15, 0.2) is 0 Å². The standard InChI is InChI=1S/C20H20F2N2O3S/c1-15-5-7-16(8-6-15)28(26,27)24-13-11-23(12-14-24)20(25)10-9-17-18(21)3-2-4-19(17)22/h2-10H,11-14H2,1H3. The molecule has 0 aromatic heterocycles. The lowest BCUT2D eigenvalue weighted by Crippen LogP contribution is -2.50. The minimum atomic E-state index is -3.62. The average Bonchev–Trinajstić information content (AvgIpc) is 2.68. The SMILES string of the molecule is Cc1ccc(S(=O)(=O)N2CCN(C(=O)C=Cc3c(F)cccc3F)CC2)cc1. The molecular formula is C20H20F2N2O3S. The molecule has 1 aliphatic heterocycles. The van der Waals surface area contributed by atoms with Crippen molar-refractivity contribution in [2.45, 2.75) is 11.8 Å². The summed E-state index contributed by atoms with van der Waals surface area (Å²) < 4.78 is 54.0. The summed E-state index contributed by atoms with van der Waals surface area (Å²) in [7, 11) is -3.62. The van der Waals surface area contributed by atoms with Crippen molar-refractivity contribution in [1.29, 1.82) is 0 Å². The Morgan fingerprint density at radius 1 is 0.964 bits per heavy atom. The fraction of sp³-hybridized carbons (Fsp3) is 0.250. The fourth-order valence-corrected chi connectivity index (χ4v) is 4.36. The zero-order valence-electron chi connectivity index (χ0n) is 15.3. The first-order valence-electron chi connectivity index (χ1n) is 8.77. The van der Waals surface area contributed by atoms with Crippen LogP contribution in [-0.2, 0) is 14.8 Å². The molecule has 0 aliphatic carbocycles. The third kappa shape index (κ3) is 4.28. The van der Waals surface area contributed by atoms with Crippen LogP contribution in [0.4, 0.5) is 8.78 Å². The number of piperazine rings is 1. The second kappa shape index (κ2) is 8.20. The van der Waals surface area contributed by atoms with Crippen LogP contribution < -0.4 is 0 Å². The first kappa shape index (κ1) is 20.2. The smallest absolute Gasteiger partial charge is 0.246 e. The topological polar surface area (TPSA) is 57.7 Å². The lowest BCUT2D eigenvalue weighted by molar-refractivity contribution is -0.127. The van der Waals surface area contributed by atoms with E-state index in [1.165, 1.54) is 15.3 Å². The van der Waals surface area contributed by atoms with Gasteiger partial charge in [-0.1, -0.05) is 23.8 Å². The van der Waals surface area contributed by atoms with Crippen molar-refractivity contribution in [1.82, 2.24) is 9.21 Å². The zero-order chi connectivity index (χ0) is 20.3. The summed E-state index contributed by atoms with van der Waals surface area (Å²) in [5, 5.41) is 0. The van der Waals surface area contributed by atoms with E-state index in [0.717, 1.165) is 29.8 Å². The first-order valence-corrected chi connectivity index (χ1v) is 10.2. The lowest BCUT2D eigenvalue weighted by Gasteiger charge is -2.33. The summed E-state index contributed by atoms with van der Waals surface area (Å²) in [6.07, 6.45) is 2.20. The van der Waals surface area contributed by atoms with E-state index < -0.39 is 27.6 Å². The summed E-state index contributed by atoms with van der Waals surface area (Å²) in [5.41, 5.74) is 0.684. The van der Waals surface area contributed by atoms with Gasteiger partial charge in [-0.25, -0.2) is 17.2 Å². The number of carbonyl (C=O) groups is 1. The van der Waals surface area contributed by atoms with Gasteiger partial charge < -0.3 is 4.90 Å². The Labute approximate surface area is 162 Å². The molecule has 0 atom stereocenters. The van der Waals surface area contributed by atoms with Crippen LogP contribution in [0.25, 0.3) is 6.08 Å². The van der Waals surface area contributed by atoms with Gasteiger partial charge in [0.05, 0.1) is 4.90 Å². The first-order chi connectivity index (χ1) is 13.3. The molecule has 28 heavy (non-hydrogen) atoms. The molecule has 2 aromatic rings. The van der Waals surface area contributed by atoms with Crippen LogP contribution in [0, 0.1) is 18.6 Å². The number of nitrogens with zero attached hydrogens (tertiary/aromatic N) is 2. The molecule has 148 valence electrons. The van der Waals surface area contributed by atoms with Crippen molar-refractivity contribution in [2.75, 3.05) is 26.2 Å². The molecule has 0 saturated carbocycles. The third-order valence-electron chi connectivity index (χ3n) is 4.60. The van der Waals surface area contributed by atoms with E-state index in [9.17, 15) is 22.0 Å². The second-order valence-electron chi connectivity index (χ2n) is 6.51. The lowest BCUT2D eigenvalue weighted by atomic mass is 10.2. The Hall–Kier alpha value is -2.58. The molecule has 1 heterocycles. The number of halogens is 2. The van der Waals surface area contributed by atoms with Crippen molar-refractivity contribution in [3.63, 3.8) is 0 Å². The van der Waals surface area contributed by atoms with Crippen molar-refractivity contribution in [2.24, 2.45) is 0 Å². The number of benzene rings is 2. The number of carbonyl (C=O) groups excluding carboxylic acids is 1. The van der Waals surface area contributed by atoms with Crippen LogP contribution in [0.3, 0.4) is 0 Å². The van der Waals surface area contributed by atoms with Crippen molar-refractivity contribution >= 4 is 22.0 Å². The van der Waals surface area contributed by atoms with Gasteiger partial charge in [0.1, 0.15) is 11.6 Å². The average molecular weight is 406 g/mol. The number of rotatable bonds is 4. The van der Waals surface area contributed by atoms with Crippen LogP contribution in [0.1, 0.15) is 11.1 Å². The van der Waals surface area contributed by atoms with E-state index in [4.69, 9.17) is 0 Å². The molecule has 8 heteroatoms. The summed E-state index contributed by atoms with van der Waals surface area (Å²) in [6.45, 7) is 2.59. The molecular weight excluding hydrogens is 386 g/mol. The summed E-state index contributed by atoms with van der Waals surface area (Å²) in [6, 6.07) is 10.1. The number of amides is 1. The van der Waals surface area contributed by atoms with Gasteiger partial charge in [0, 0.05) is 37.8 Å². The maximum Gasteiger partial charge on any atom is 0.246 e.